The molecule has 0 bridgehead atoms. The maximum absolute atomic E-state index is 12.8. The van der Waals surface area contributed by atoms with Crippen molar-refractivity contribution < 1.29 is 9.53 Å². The van der Waals surface area contributed by atoms with Gasteiger partial charge >= 0.3 is 0 Å². The van der Waals surface area contributed by atoms with E-state index in [0.717, 1.165) is 32.7 Å². The van der Waals surface area contributed by atoms with Crippen molar-refractivity contribution in [3.8, 4) is 0 Å². The van der Waals surface area contributed by atoms with Crippen molar-refractivity contribution >= 4 is 5.91 Å². The van der Waals surface area contributed by atoms with Gasteiger partial charge in [0, 0.05) is 37.5 Å². The van der Waals surface area contributed by atoms with Crippen LogP contribution in [-0.4, -0.2) is 54.6 Å². The summed E-state index contributed by atoms with van der Waals surface area (Å²) in [4.78, 5) is 17.3. The first kappa shape index (κ1) is 17.4. The van der Waals surface area contributed by atoms with Crippen LogP contribution in [0.4, 0.5) is 0 Å². The Balaban J connectivity index is 1.77. The fraction of sp³-hybridized carbons (Fsp3) is 0.650. The minimum Gasteiger partial charge on any atom is -0.379 e. The highest BCUT2D eigenvalue weighted by Crippen LogP contribution is 2.38. The molecule has 1 aromatic carbocycles. The van der Waals surface area contributed by atoms with E-state index in [4.69, 9.17) is 4.74 Å². The number of benzene rings is 1. The first-order chi connectivity index (χ1) is 11.5. The number of carbonyl (C=O) groups excluding carboxylic acids is 1. The summed E-state index contributed by atoms with van der Waals surface area (Å²) >= 11 is 0. The van der Waals surface area contributed by atoms with Crippen LogP contribution in [0.5, 0.6) is 0 Å². The third-order valence-electron chi connectivity index (χ3n) is 5.79. The van der Waals surface area contributed by atoms with E-state index in [9.17, 15) is 4.79 Å². The molecule has 0 aromatic heterocycles. The summed E-state index contributed by atoms with van der Waals surface area (Å²) in [6, 6.07) is 11.0. The lowest BCUT2D eigenvalue weighted by molar-refractivity contribution is -0.129. The molecule has 132 valence electrons. The Morgan fingerprint density at radius 3 is 2.67 bits per heavy atom. The van der Waals surface area contributed by atoms with Gasteiger partial charge in [-0.2, -0.15) is 0 Å². The van der Waals surface area contributed by atoms with E-state index in [0.29, 0.717) is 19.1 Å². The highest BCUT2D eigenvalue weighted by Gasteiger charge is 2.47. The molecule has 4 nitrogen and oxygen atoms in total. The molecule has 1 amide bonds. The molecule has 0 unspecified atom stereocenters. The van der Waals surface area contributed by atoms with Crippen LogP contribution in [0.2, 0.25) is 0 Å². The van der Waals surface area contributed by atoms with E-state index >= 15 is 0 Å². The topological polar surface area (TPSA) is 32.8 Å². The molecule has 1 aromatic rings. The van der Waals surface area contributed by atoms with Gasteiger partial charge in [-0.1, -0.05) is 37.3 Å². The summed E-state index contributed by atoms with van der Waals surface area (Å²) in [5, 5.41) is 0. The summed E-state index contributed by atoms with van der Waals surface area (Å²) < 4.78 is 5.92. The minimum atomic E-state index is -0.0555. The lowest BCUT2D eigenvalue weighted by Gasteiger charge is -2.35. The fourth-order valence-electron chi connectivity index (χ4n) is 4.06. The standard InChI is InChI=1S/C20H30N2O2/c1-4-16(2)21-10-11-24-15-20(13-21)12-19(23)22(14-20)17(3)18-8-6-5-7-9-18/h5-9,16-17H,4,10-15H2,1-3H3/t16-,17-,20-/m0/s1. The second-order valence-corrected chi connectivity index (χ2v) is 7.57. The smallest absolute Gasteiger partial charge is 0.223 e. The number of amides is 1. The Bertz CT molecular complexity index is 562. The van der Waals surface area contributed by atoms with Crippen molar-refractivity contribution in [2.24, 2.45) is 5.41 Å². The lowest BCUT2D eigenvalue weighted by atomic mass is 9.87. The predicted molar refractivity (Wildman–Crippen MR) is 95.8 cm³/mol. The summed E-state index contributed by atoms with van der Waals surface area (Å²) in [6.07, 6.45) is 1.74. The third kappa shape index (κ3) is 3.50. The van der Waals surface area contributed by atoms with Crippen LogP contribution in [0, 0.1) is 5.41 Å². The second-order valence-electron chi connectivity index (χ2n) is 7.57. The summed E-state index contributed by atoms with van der Waals surface area (Å²) in [5.74, 6) is 0.265. The van der Waals surface area contributed by atoms with Crippen LogP contribution >= 0.6 is 0 Å². The normalized spacial score (nSPS) is 28.1. The van der Waals surface area contributed by atoms with Gasteiger partial charge in [0.25, 0.3) is 0 Å². The number of hydrogen-bond donors (Lipinski definition) is 0. The van der Waals surface area contributed by atoms with E-state index in [1.165, 1.54) is 5.56 Å². The molecule has 2 fully saturated rings. The Morgan fingerprint density at radius 2 is 1.96 bits per heavy atom. The van der Waals surface area contributed by atoms with Gasteiger partial charge in [-0.15, -0.1) is 0 Å². The monoisotopic (exact) mass is 330 g/mol. The van der Waals surface area contributed by atoms with Gasteiger partial charge < -0.3 is 9.64 Å². The summed E-state index contributed by atoms with van der Waals surface area (Å²) in [7, 11) is 0. The zero-order chi connectivity index (χ0) is 17.2. The number of likely N-dealkylation sites (tertiary alicyclic amines) is 1. The Labute approximate surface area is 145 Å². The van der Waals surface area contributed by atoms with Crippen LogP contribution in [0.25, 0.3) is 0 Å². The van der Waals surface area contributed by atoms with Gasteiger partial charge in [0.1, 0.15) is 0 Å². The molecular weight excluding hydrogens is 300 g/mol. The highest BCUT2D eigenvalue weighted by molar-refractivity contribution is 5.80. The van der Waals surface area contributed by atoms with Crippen molar-refractivity contribution in [2.45, 2.75) is 45.7 Å². The van der Waals surface area contributed by atoms with E-state index < -0.39 is 0 Å². The maximum Gasteiger partial charge on any atom is 0.223 e. The van der Waals surface area contributed by atoms with E-state index in [1.807, 2.05) is 18.2 Å². The van der Waals surface area contributed by atoms with Crippen LogP contribution in [0.3, 0.4) is 0 Å². The van der Waals surface area contributed by atoms with Gasteiger partial charge in [-0.05, 0) is 25.8 Å². The zero-order valence-corrected chi connectivity index (χ0v) is 15.2. The molecule has 0 aliphatic carbocycles. The predicted octanol–water partition coefficient (Wildman–Crippen LogP) is 3.10. The number of hydrogen-bond acceptors (Lipinski definition) is 3. The van der Waals surface area contributed by atoms with E-state index in [2.05, 4.69) is 42.7 Å². The molecule has 3 rings (SSSR count). The Kier molecular flexibility index (Phi) is 5.26. The lowest BCUT2D eigenvalue weighted by Crippen LogP contribution is -2.44. The second kappa shape index (κ2) is 7.24. The van der Waals surface area contributed by atoms with Gasteiger partial charge in [-0.3, -0.25) is 9.69 Å². The van der Waals surface area contributed by atoms with E-state index in [-0.39, 0.29) is 17.4 Å². The SMILES string of the molecule is CC[C@H](C)N1CCOC[C@@]2(CC(=O)N([C@@H](C)c3ccccc3)C2)C1. The Morgan fingerprint density at radius 1 is 1.21 bits per heavy atom. The van der Waals surface area contributed by atoms with Gasteiger partial charge in [0.05, 0.1) is 19.3 Å². The minimum absolute atomic E-state index is 0.0555. The molecule has 24 heavy (non-hydrogen) atoms. The molecule has 4 heteroatoms. The van der Waals surface area contributed by atoms with Gasteiger partial charge in [-0.25, -0.2) is 0 Å². The van der Waals surface area contributed by atoms with E-state index in [1.54, 1.807) is 0 Å². The number of rotatable bonds is 4. The quantitative estimate of drug-likeness (QED) is 0.850. The van der Waals surface area contributed by atoms with Crippen molar-refractivity contribution in [1.82, 2.24) is 9.80 Å². The van der Waals surface area contributed by atoms with Crippen LogP contribution in [0.1, 0.15) is 45.2 Å². The first-order valence-electron chi connectivity index (χ1n) is 9.21. The molecule has 0 saturated carbocycles. The van der Waals surface area contributed by atoms with Crippen LogP contribution in [0.15, 0.2) is 30.3 Å². The molecule has 1 spiro atoms. The molecule has 0 N–H and O–H groups in total. The number of carbonyl (C=O) groups is 1. The van der Waals surface area contributed by atoms with Crippen molar-refractivity contribution in [2.75, 3.05) is 32.8 Å². The molecule has 0 radical (unpaired) electrons. The molecular formula is C20H30N2O2. The highest BCUT2D eigenvalue weighted by atomic mass is 16.5. The fourth-order valence-corrected chi connectivity index (χ4v) is 4.06. The van der Waals surface area contributed by atoms with Gasteiger partial charge in [0.15, 0.2) is 0 Å². The molecule has 2 aliphatic heterocycles. The van der Waals surface area contributed by atoms with Crippen molar-refractivity contribution in [1.29, 1.82) is 0 Å². The zero-order valence-electron chi connectivity index (χ0n) is 15.2. The first-order valence-corrected chi connectivity index (χ1v) is 9.21. The molecule has 2 aliphatic rings. The Hall–Kier alpha value is -1.39. The van der Waals surface area contributed by atoms with Crippen LogP contribution < -0.4 is 0 Å². The van der Waals surface area contributed by atoms with Crippen molar-refractivity contribution in [3.63, 3.8) is 0 Å². The maximum atomic E-state index is 12.8. The number of nitrogens with zero attached hydrogens (tertiary/aromatic N) is 2. The number of ether oxygens (including phenoxy) is 1. The average molecular weight is 330 g/mol. The summed E-state index contributed by atoms with van der Waals surface area (Å²) in [6.45, 7) is 10.8. The molecule has 2 saturated heterocycles. The van der Waals surface area contributed by atoms with Crippen molar-refractivity contribution in [3.05, 3.63) is 35.9 Å². The van der Waals surface area contributed by atoms with Crippen LogP contribution in [-0.2, 0) is 9.53 Å². The third-order valence-corrected chi connectivity index (χ3v) is 5.79. The molecule has 3 atom stereocenters. The summed E-state index contributed by atoms with van der Waals surface area (Å²) in [5.41, 5.74) is 1.15. The molecule has 2 heterocycles. The average Bonchev–Trinajstić information content (AvgIpc) is 2.79. The van der Waals surface area contributed by atoms with Gasteiger partial charge in [0.2, 0.25) is 5.91 Å². The largest absolute Gasteiger partial charge is 0.379 e.